The lowest BCUT2D eigenvalue weighted by Gasteiger charge is -2.47. The first-order chi connectivity index (χ1) is 7.90. The van der Waals surface area contributed by atoms with Crippen molar-refractivity contribution < 1.29 is 4.74 Å². The molecule has 2 heteroatoms. The topological polar surface area (TPSA) is 9.23 Å². The van der Waals surface area contributed by atoms with Gasteiger partial charge in [0.25, 0.3) is 0 Å². The Morgan fingerprint density at radius 2 is 1.94 bits per heavy atom. The van der Waals surface area contributed by atoms with E-state index in [-0.39, 0.29) is 0 Å². The second-order valence-corrected chi connectivity index (χ2v) is 6.15. The van der Waals surface area contributed by atoms with Crippen LogP contribution in [0.5, 0.6) is 0 Å². The van der Waals surface area contributed by atoms with Gasteiger partial charge in [0, 0.05) is 17.2 Å². The maximum Gasteiger partial charge on any atom is 0.0741 e. The second-order valence-electron chi connectivity index (χ2n) is 5.50. The van der Waals surface area contributed by atoms with E-state index in [9.17, 15) is 0 Å². The van der Waals surface area contributed by atoms with Crippen molar-refractivity contribution in [2.75, 3.05) is 5.33 Å². The lowest BCUT2D eigenvalue weighted by Crippen LogP contribution is -2.45. The average Bonchev–Trinajstić information content (AvgIpc) is 2.38. The Labute approximate surface area is 107 Å². The predicted octanol–water partition coefficient (Wildman–Crippen LogP) is 4.07. The van der Waals surface area contributed by atoms with Gasteiger partial charge in [-0.2, -0.15) is 0 Å². The lowest BCUT2D eigenvalue weighted by molar-refractivity contribution is -0.0926. The average molecular weight is 285 g/mol. The molecule has 0 aromatic heterocycles. The molecule has 3 aliphatic rings. The molecule has 0 aromatic carbocycles. The fourth-order valence-electron chi connectivity index (χ4n) is 3.86. The molecule has 0 radical (unpaired) electrons. The largest absolute Gasteiger partial charge is 0.373 e. The van der Waals surface area contributed by atoms with Gasteiger partial charge in [0.15, 0.2) is 0 Å². The summed E-state index contributed by atoms with van der Waals surface area (Å²) in [4.78, 5) is 0. The normalized spacial score (nSPS) is 43.2. The minimum absolute atomic E-state index is 0.450. The third-order valence-corrected chi connectivity index (χ3v) is 5.25. The van der Waals surface area contributed by atoms with Crippen molar-refractivity contribution in [3.8, 4) is 0 Å². The van der Waals surface area contributed by atoms with Crippen molar-refractivity contribution in [1.29, 1.82) is 0 Å². The molecule has 1 saturated heterocycles. The molecule has 0 amide bonds. The van der Waals surface area contributed by atoms with E-state index in [1.807, 2.05) is 0 Å². The first-order valence-electron chi connectivity index (χ1n) is 6.81. The highest BCUT2D eigenvalue weighted by atomic mass is 79.9. The Balaban J connectivity index is 1.87. The summed E-state index contributed by atoms with van der Waals surface area (Å²) in [5.41, 5.74) is 1.77. The molecule has 2 fully saturated rings. The van der Waals surface area contributed by atoms with E-state index in [4.69, 9.17) is 4.74 Å². The number of hydrogen-bond donors (Lipinski definition) is 0. The third-order valence-electron chi connectivity index (χ3n) is 4.61. The summed E-state index contributed by atoms with van der Waals surface area (Å²) >= 11 is 3.64. The molecule has 0 N–H and O–H groups in total. The second kappa shape index (κ2) is 4.81. The number of ether oxygens (including phenoxy) is 1. The Hall–Kier alpha value is 0.180. The van der Waals surface area contributed by atoms with Gasteiger partial charge in [0.1, 0.15) is 0 Å². The molecule has 0 spiro atoms. The highest BCUT2D eigenvalue weighted by Gasteiger charge is 2.42. The zero-order chi connectivity index (χ0) is 11.0. The minimum Gasteiger partial charge on any atom is -0.373 e. The fourth-order valence-corrected chi connectivity index (χ4v) is 4.46. The summed E-state index contributed by atoms with van der Waals surface area (Å²) in [5, 5.41) is 1.01. The molecule has 4 unspecified atom stereocenters. The SMILES string of the molecule is BrCC1OC2CCCCC2C2=CCCCC21. The van der Waals surface area contributed by atoms with Crippen molar-refractivity contribution in [3.63, 3.8) is 0 Å². The fraction of sp³-hybridized carbons (Fsp3) is 0.857. The zero-order valence-electron chi connectivity index (χ0n) is 9.83. The molecule has 1 aliphatic heterocycles. The molecule has 1 nitrogen and oxygen atoms in total. The number of fused-ring (bicyclic) bond motifs is 3. The molecule has 0 aromatic rings. The van der Waals surface area contributed by atoms with Crippen LogP contribution in [0.25, 0.3) is 0 Å². The lowest BCUT2D eigenvalue weighted by atomic mass is 9.69. The number of rotatable bonds is 1. The van der Waals surface area contributed by atoms with Gasteiger partial charge in [-0.1, -0.05) is 40.4 Å². The van der Waals surface area contributed by atoms with Gasteiger partial charge in [0.2, 0.25) is 0 Å². The standard InChI is InChI=1S/C14H21BrO/c15-9-14-12-7-2-1-5-10(12)11-6-3-4-8-13(11)16-14/h5,11-14H,1-4,6-9H2. The molecule has 0 bridgehead atoms. The predicted molar refractivity (Wildman–Crippen MR) is 69.8 cm³/mol. The summed E-state index contributed by atoms with van der Waals surface area (Å²) in [7, 11) is 0. The molecule has 1 heterocycles. The van der Waals surface area contributed by atoms with E-state index in [1.165, 1.54) is 44.9 Å². The summed E-state index contributed by atoms with van der Waals surface area (Å²) in [6.07, 6.45) is 13.0. The Morgan fingerprint density at radius 1 is 1.12 bits per heavy atom. The Bertz CT molecular complexity index is 286. The van der Waals surface area contributed by atoms with Crippen molar-refractivity contribution in [2.45, 2.75) is 57.2 Å². The first-order valence-corrected chi connectivity index (χ1v) is 7.93. The van der Waals surface area contributed by atoms with E-state index in [0.717, 1.165) is 17.2 Å². The van der Waals surface area contributed by atoms with Crippen molar-refractivity contribution in [2.24, 2.45) is 11.8 Å². The van der Waals surface area contributed by atoms with Crippen LogP contribution in [0.3, 0.4) is 0 Å². The van der Waals surface area contributed by atoms with E-state index < -0.39 is 0 Å². The number of hydrogen-bond acceptors (Lipinski definition) is 1. The highest BCUT2D eigenvalue weighted by Crippen LogP contribution is 2.46. The zero-order valence-corrected chi connectivity index (χ0v) is 11.4. The van der Waals surface area contributed by atoms with Gasteiger partial charge < -0.3 is 4.74 Å². The summed E-state index contributed by atoms with van der Waals surface area (Å²) in [5.74, 6) is 1.50. The van der Waals surface area contributed by atoms with Gasteiger partial charge >= 0.3 is 0 Å². The highest BCUT2D eigenvalue weighted by molar-refractivity contribution is 9.09. The number of allylic oxidation sites excluding steroid dienone is 1. The van der Waals surface area contributed by atoms with E-state index >= 15 is 0 Å². The van der Waals surface area contributed by atoms with Gasteiger partial charge in [-0.15, -0.1) is 0 Å². The maximum atomic E-state index is 6.32. The van der Waals surface area contributed by atoms with Crippen LogP contribution in [0.4, 0.5) is 0 Å². The Kier molecular flexibility index (Phi) is 3.39. The molecule has 16 heavy (non-hydrogen) atoms. The van der Waals surface area contributed by atoms with Crippen LogP contribution in [0, 0.1) is 11.8 Å². The van der Waals surface area contributed by atoms with E-state index in [1.54, 1.807) is 5.57 Å². The van der Waals surface area contributed by atoms with Crippen molar-refractivity contribution in [1.82, 2.24) is 0 Å². The molecule has 90 valence electrons. The van der Waals surface area contributed by atoms with Gasteiger partial charge in [0.05, 0.1) is 12.2 Å². The van der Waals surface area contributed by atoms with Crippen molar-refractivity contribution >= 4 is 15.9 Å². The van der Waals surface area contributed by atoms with Crippen LogP contribution >= 0.6 is 15.9 Å². The third kappa shape index (κ3) is 1.88. The summed E-state index contributed by atoms with van der Waals surface area (Å²) in [6, 6.07) is 0. The van der Waals surface area contributed by atoms with Gasteiger partial charge in [-0.05, 0) is 32.1 Å². The van der Waals surface area contributed by atoms with Crippen LogP contribution in [-0.4, -0.2) is 17.5 Å². The smallest absolute Gasteiger partial charge is 0.0741 e. The van der Waals surface area contributed by atoms with Crippen LogP contribution in [-0.2, 0) is 4.74 Å². The van der Waals surface area contributed by atoms with Gasteiger partial charge in [-0.25, -0.2) is 0 Å². The number of halogens is 1. The monoisotopic (exact) mass is 284 g/mol. The van der Waals surface area contributed by atoms with Crippen LogP contribution in [0.1, 0.15) is 44.9 Å². The summed E-state index contributed by atoms with van der Waals surface area (Å²) in [6.45, 7) is 0. The van der Waals surface area contributed by atoms with Crippen molar-refractivity contribution in [3.05, 3.63) is 11.6 Å². The molecular weight excluding hydrogens is 264 g/mol. The van der Waals surface area contributed by atoms with Gasteiger partial charge in [-0.3, -0.25) is 0 Å². The first kappa shape index (κ1) is 11.3. The number of alkyl halides is 1. The molecule has 4 atom stereocenters. The van der Waals surface area contributed by atoms with Crippen LogP contribution in [0.2, 0.25) is 0 Å². The van der Waals surface area contributed by atoms with Crippen LogP contribution in [0.15, 0.2) is 11.6 Å². The minimum atomic E-state index is 0.450. The molecular formula is C14H21BrO. The van der Waals surface area contributed by atoms with E-state index in [0.29, 0.717) is 12.2 Å². The summed E-state index contributed by atoms with van der Waals surface area (Å²) < 4.78 is 6.32. The molecule has 1 saturated carbocycles. The van der Waals surface area contributed by atoms with Crippen LogP contribution < -0.4 is 0 Å². The maximum absolute atomic E-state index is 6.32. The molecule has 3 rings (SSSR count). The quantitative estimate of drug-likeness (QED) is 0.521. The Morgan fingerprint density at radius 3 is 2.81 bits per heavy atom. The van der Waals surface area contributed by atoms with E-state index in [2.05, 4.69) is 22.0 Å². The molecule has 2 aliphatic carbocycles.